The van der Waals surface area contributed by atoms with Crippen LogP contribution in [0.25, 0.3) is 0 Å². The molecule has 0 fully saturated rings. The Bertz CT molecular complexity index is 538. The van der Waals surface area contributed by atoms with Gasteiger partial charge in [0, 0.05) is 17.8 Å². The molecule has 1 heterocycles. The Morgan fingerprint density at radius 2 is 2.10 bits per heavy atom. The lowest BCUT2D eigenvalue weighted by molar-refractivity contribution is -0.146. The van der Waals surface area contributed by atoms with Gasteiger partial charge in [0.1, 0.15) is 5.54 Å². The SMILES string of the molecule is COC(=O)C(C)(C)NC(=O)c1cccc2c1CCCN2. The van der Waals surface area contributed by atoms with Crippen LogP contribution >= 0.6 is 0 Å². The number of methoxy groups -OCH3 is 1. The van der Waals surface area contributed by atoms with Gasteiger partial charge in [0.2, 0.25) is 0 Å². The van der Waals surface area contributed by atoms with Gasteiger partial charge in [-0.3, -0.25) is 4.79 Å². The van der Waals surface area contributed by atoms with Gasteiger partial charge in [-0.15, -0.1) is 0 Å². The first-order valence-electron chi connectivity index (χ1n) is 6.72. The van der Waals surface area contributed by atoms with Crippen LogP contribution in [0.3, 0.4) is 0 Å². The Hall–Kier alpha value is -2.04. The van der Waals surface area contributed by atoms with Crippen LogP contribution in [0.5, 0.6) is 0 Å². The first kappa shape index (κ1) is 14.4. The van der Waals surface area contributed by atoms with Crippen LogP contribution in [0, 0.1) is 0 Å². The molecule has 1 aromatic rings. The quantitative estimate of drug-likeness (QED) is 0.825. The zero-order chi connectivity index (χ0) is 14.8. The molecule has 0 bridgehead atoms. The minimum atomic E-state index is -1.04. The molecule has 0 atom stereocenters. The average molecular weight is 276 g/mol. The Balaban J connectivity index is 2.24. The first-order valence-corrected chi connectivity index (χ1v) is 6.72. The summed E-state index contributed by atoms with van der Waals surface area (Å²) in [4.78, 5) is 24.0. The molecule has 1 amide bonds. The highest BCUT2D eigenvalue weighted by atomic mass is 16.5. The summed E-state index contributed by atoms with van der Waals surface area (Å²) in [5.41, 5.74) is 1.58. The van der Waals surface area contributed by atoms with E-state index in [0.29, 0.717) is 5.56 Å². The van der Waals surface area contributed by atoms with E-state index in [0.717, 1.165) is 30.6 Å². The van der Waals surface area contributed by atoms with E-state index in [1.54, 1.807) is 19.9 Å². The standard InChI is InChI=1S/C15H20N2O3/c1-15(2,14(19)20-3)17-13(18)11-6-4-8-12-10(11)7-5-9-16-12/h4,6,8,16H,5,7,9H2,1-3H3,(H,17,18). The molecule has 1 aliphatic heterocycles. The van der Waals surface area contributed by atoms with Crippen molar-refractivity contribution in [3.63, 3.8) is 0 Å². The largest absolute Gasteiger partial charge is 0.467 e. The van der Waals surface area contributed by atoms with Crippen LogP contribution in [-0.2, 0) is 16.0 Å². The van der Waals surface area contributed by atoms with Gasteiger partial charge >= 0.3 is 5.97 Å². The molecule has 0 aromatic heterocycles. The molecule has 108 valence electrons. The van der Waals surface area contributed by atoms with Crippen molar-refractivity contribution in [3.05, 3.63) is 29.3 Å². The summed E-state index contributed by atoms with van der Waals surface area (Å²) in [7, 11) is 1.31. The summed E-state index contributed by atoms with van der Waals surface area (Å²) in [5.74, 6) is -0.713. The molecule has 0 spiro atoms. The second-order valence-corrected chi connectivity index (χ2v) is 5.43. The maximum atomic E-state index is 12.4. The molecule has 0 saturated heterocycles. The van der Waals surface area contributed by atoms with Crippen molar-refractivity contribution in [3.8, 4) is 0 Å². The summed E-state index contributed by atoms with van der Waals surface area (Å²) in [5, 5.41) is 6.02. The van der Waals surface area contributed by atoms with Crippen LogP contribution in [0.2, 0.25) is 0 Å². The molecule has 0 radical (unpaired) electrons. The fraction of sp³-hybridized carbons (Fsp3) is 0.467. The third-order valence-electron chi connectivity index (χ3n) is 3.46. The molecule has 1 aliphatic rings. The van der Waals surface area contributed by atoms with Crippen molar-refractivity contribution in [2.75, 3.05) is 19.0 Å². The van der Waals surface area contributed by atoms with Gasteiger partial charge in [-0.05, 0) is 44.4 Å². The second kappa shape index (κ2) is 5.53. The Labute approximate surface area is 118 Å². The number of nitrogens with one attached hydrogen (secondary N) is 2. The van der Waals surface area contributed by atoms with Gasteiger partial charge in [0.15, 0.2) is 0 Å². The third-order valence-corrected chi connectivity index (χ3v) is 3.46. The monoisotopic (exact) mass is 276 g/mol. The van der Waals surface area contributed by atoms with E-state index in [-0.39, 0.29) is 5.91 Å². The number of ether oxygens (including phenoxy) is 1. The number of hydrogen-bond donors (Lipinski definition) is 2. The maximum Gasteiger partial charge on any atom is 0.330 e. The van der Waals surface area contributed by atoms with Crippen LogP contribution in [0.15, 0.2) is 18.2 Å². The van der Waals surface area contributed by atoms with Crippen LogP contribution in [0.1, 0.15) is 36.2 Å². The van der Waals surface area contributed by atoms with Gasteiger partial charge < -0.3 is 15.4 Å². The fourth-order valence-corrected chi connectivity index (χ4v) is 2.38. The molecule has 2 N–H and O–H groups in total. The number of anilines is 1. The molecule has 0 unspecified atom stereocenters. The van der Waals surface area contributed by atoms with E-state index in [2.05, 4.69) is 10.6 Å². The molecule has 20 heavy (non-hydrogen) atoms. The van der Waals surface area contributed by atoms with Gasteiger partial charge in [-0.25, -0.2) is 4.79 Å². The molecule has 1 aromatic carbocycles. The molecule has 2 rings (SSSR count). The Morgan fingerprint density at radius 1 is 1.35 bits per heavy atom. The van der Waals surface area contributed by atoms with E-state index in [1.807, 2.05) is 12.1 Å². The predicted octanol–water partition coefficient (Wildman–Crippen LogP) is 1.73. The molecular formula is C15H20N2O3. The van der Waals surface area contributed by atoms with Gasteiger partial charge in [-0.2, -0.15) is 0 Å². The smallest absolute Gasteiger partial charge is 0.330 e. The Kier molecular flexibility index (Phi) is 3.97. The van der Waals surface area contributed by atoms with E-state index >= 15 is 0 Å². The maximum absolute atomic E-state index is 12.4. The number of rotatable bonds is 3. The minimum absolute atomic E-state index is 0.249. The number of carbonyl (C=O) groups is 2. The highest BCUT2D eigenvalue weighted by molar-refractivity contribution is 6.00. The zero-order valence-corrected chi connectivity index (χ0v) is 12.1. The van der Waals surface area contributed by atoms with Crippen LogP contribution in [0.4, 0.5) is 5.69 Å². The lowest BCUT2D eigenvalue weighted by Gasteiger charge is -2.25. The summed E-state index contributed by atoms with van der Waals surface area (Å²) in [6.07, 6.45) is 1.86. The molecule has 0 saturated carbocycles. The van der Waals surface area contributed by atoms with Gasteiger partial charge in [-0.1, -0.05) is 6.07 Å². The Morgan fingerprint density at radius 3 is 2.80 bits per heavy atom. The molecule has 0 aliphatic carbocycles. The van der Waals surface area contributed by atoms with Gasteiger partial charge in [0.25, 0.3) is 5.91 Å². The highest BCUT2D eigenvalue weighted by Crippen LogP contribution is 2.25. The lowest BCUT2D eigenvalue weighted by Crippen LogP contribution is -2.50. The predicted molar refractivity (Wildman–Crippen MR) is 76.8 cm³/mol. The van der Waals surface area contributed by atoms with Crippen molar-refractivity contribution >= 4 is 17.6 Å². The van der Waals surface area contributed by atoms with E-state index in [1.165, 1.54) is 7.11 Å². The fourth-order valence-electron chi connectivity index (χ4n) is 2.38. The summed E-state index contributed by atoms with van der Waals surface area (Å²) in [6, 6.07) is 5.60. The van der Waals surface area contributed by atoms with E-state index in [9.17, 15) is 9.59 Å². The van der Waals surface area contributed by atoms with Crippen molar-refractivity contribution in [1.82, 2.24) is 5.32 Å². The number of hydrogen-bond acceptors (Lipinski definition) is 4. The summed E-state index contributed by atoms with van der Waals surface area (Å²) in [6.45, 7) is 4.18. The zero-order valence-electron chi connectivity index (χ0n) is 12.1. The normalized spacial score (nSPS) is 13.9. The van der Waals surface area contributed by atoms with E-state index < -0.39 is 11.5 Å². The van der Waals surface area contributed by atoms with Crippen LogP contribution in [-0.4, -0.2) is 31.1 Å². The molecule has 5 nitrogen and oxygen atoms in total. The minimum Gasteiger partial charge on any atom is -0.467 e. The van der Waals surface area contributed by atoms with Crippen molar-refractivity contribution in [1.29, 1.82) is 0 Å². The van der Waals surface area contributed by atoms with Crippen LogP contribution < -0.4 is 10.6 Å². The number of carbonyl (C=O) groups excluding carboxylic acids is 2. The summed E-state index contributed by atoms with van der Waals surface area (Å²) >= 11 is 0. The van der Waals surface area contributed by atoms with Gasteiger partial charge in [0.05, 0.1) is 7.11 Å². The number of amides is 1. The molecule has 5 heteroatoms. The van der Waals surface area contributed by atoms with Crippen molar-refractivity contribution in [2.24, 2.45) is 0 Å². The van der Waals surface area contributed by atoms with E-state index in [4.69, 9.17) is 4.74 Å². The lowest BCUT2D eigenvalue weighted by atomic mass is 9.96. The first-order chi connectivity index (χ1) is 9.45. The number of fused-ring (bicyclic) bond motifs is 1. The third kappa shape index (κ3) is 2.76. The number of benzene rings is 1. The highest BCUT2D eigenvalue weighted by Gasteiger charge is 2.31. The topological polar surface area (TPSA) is 67.4 Å². The average Bonchev–Trinajstić information content (AvgIpc) is 2.45. The number of esters is 1. The van der Waals surface area contributed by atoms with Crippen molar-refractivity contribution in [2.45, 2.75) is 32.2 Å². The summed E-state index contributed by atoms with van der Waals surface area (Å²) < 4.78 is 4.70. The van der Waals surface area contributed by atoms with Crippen molar-refractivity contribution < 1.29 is 14.3 Å². The second-order valence-electron chi connectivity index (χ2n) is 5.43. The molecular weight excluding hydrogens is 256 g/mol.